The van der Waals surface area contributed by atoms with Gasteiger partial charge in [-0.3, -0.25) is 9.36 Å². The number of fused-ring (bicyclic) bond motifs is 1. The highest BCUT2D eigenvalue weighted by molar-refractivity contribution is 6.03. The van der Waals surface area contributed by atoms with Crippen molar-refractivity contribution in [2.45, 2.75) is 44.9 Å². The summed E-state index contributed by atoms with van der Waals surface area (Å²) in [5, 5.41) is 3.06. The van der Waals surface area contributed by atoms with E-state index in [-0.39, 0.29) is 33.9 Å². The number of carbonyl (C=O) groups excluding carboxylic acids is 1. The van der Waals surface area contributed by atoms with Crippen molar-refractivity contribution < 1.29 is 22.7 Å². The summed E-state index contributed by atoms with van der Waals surface area (Å²) in [6, 6.07) is 7.19. The standard InChI is InChI=1S/C24H24F3N5O2/c1-23(2,3)15-7-5-14(6-8-15)21(33)31-19-12-29-20(13-28-19)32-18-10-9-16(34-4)11-17(18)30-22(32)24(25,26)27/h5-8,10-13,16H,9H2,1-4H3,(H,28,31,33). The number of hydrogen-bond acceptors (Lipinski definition) is 5. The summed E-state index contributed by atoms with van der Waals surface area (Å²) in [7, 11) is 1.49. The number of nitrogens with one attached hydrogen (secondary N) is 1. The second-order valence-corrected chi connectivity index (χ2v) is 8.96. The lowest BCUT2D eigenvalue weighted by atomic mass is 9.87. The SMILES string of the molecule is COC1C=c2nc(C(F)(F)F)n(-c3cnc(NC(=O)c4ccc(C(C)(C)C)cc4)cn3)c2=CC1. The Hall–Kier alpha value is -3.53. The van der Waals surface area contributed by atoms with Gasteiger partial charge in [-0.25, -0.2) is 15.0 Å². The third-order valence-electron chi connectivity index (χ3n) is 5.51. The summed E-state index contributed by atoms with van der Waals surface area (Å²) < 4.78 is 47.2. The molecule has 1 N–H and O–H groups in total. The first kappa shape index (κ1) is 23.6. The predicted molar refractivity (Wildman–Crippen MR) is 121 cm³/mol. The number of nitrogens with zero attached hydrogens (tertiary/aromatic N) is 4. The van der Waals surface area contributed by atoms with Crippen molar-refractivity contribution in [2.24, 2.45) is 0 Å². The number of benzene rings is 1. The molecule has 10 heteroatoms. The Balaban J connectivity index is 1.61. The number of anilines is 1. The predicted octanol–water partition coefficient (Wildman–Crippen LogP) is 3.21. The minimum absolute atomic E-state index is 0.0439. The first-order valence-electron chi connectivity index (χ1n) is 10.6. The molecule has 0 saturated heterocycles. The zero-order valence-corrected chi connectivity index (χ0v) is 19.1. The lowest BCUT2D eigenvalue weighted by Crippen LogP contribution is -2.35. The summed E-state index contributed by atoms with van der Waals surface area (Å²) in [5.74, 6) is -1.45. The van der Waals surface area contributed by atoms with Crippen LogP contribution in [0.5, 0.6) is 0 Å². The van der Waals surface area contributed by atoms with Gasteiger partial charge < -0.3 is 10.1 Å². The van der Waals surface area contributed by atoms with Gasteiger partial charge in [-0.05, 0) is 35.6 Å². The molecule has 1 aliphatic rings. The Kier molecular flexibility index (Phi) is 6.03. The first-order chi connectivity index (χ1) is 16.0. The maximum Gasteiger partial charge on any atom is 0.450 e. The second kappa shape index (κ2) is 8.68. The quantitative estimate of drug-likeness (QED) is 0.632. The molecule has 34 heavy (non-hydrogen) atoms. The van der Waals surface area contributed by atoms with E-state index in [4.69, 9.17) is 4.74 Å². The minimum Gasteiger partial charge on any atom is -0.377 e. The molecule has 2 aromatic heterocycles. The van der Waals surface area contributed by atoms with Crippen molar-refractivity contribution in [1.82, 2.24) is 19.5 Å². The molecule has 0 spiro atoms. The van der Waals surface area contributed by atoms with Crippen LogP contribution in [0.2, 0.25) is 0 Å². The average molecular weight is 471 g/mol. The Morgan fingerprint density at radius 2 is 1.82 bits per heavy atom. The Labute approximate surface area is 194 Å². The Morgan fingerprint density at radius 1 is 1.12 bits per heavy atom. The van der Waals surface area contributed by atoms with E-state index in [2.05, 4.69) is 41.0 Å². The third kappa shape index (κ3) is 4.72. The van der Waals surface area contributed by atoms with Crippen LogP contribution in [0.1, 0.15) is 48.9 Å². The van der Waals surface area contributed by atoms with Gasteiger partial charge in [0.1, 0.15) is 0 Å². The zero-order chi connectivity index (χ0) is 24.7. The van der Waals surface area contributed by atoms with Crippen molar-refractivity contribution in [3.63, 3.8) is 0 Å². The number of carbonyl (C=O) groups is 1. The van der Waals surface area contributed by atoms with Crippen LogP contribution in [0, 0.1) is 0 Å². The van der Waals surface area contributed by atoms with Gasteiger partial charge in [0.2, 0.25) is 5.82 Å². The number of imidazole rings is 1. The number of aromatic nitrogens is 4. The molecule has 178 valence electrons. The highest BCUT2D eigenvalue weighted by atomic mass is 19.4. The largest absolute Gasteiger partial charge is 0.450 e. The van der Waals surface area contributed by atoms with E-state index in [1.807, 2.05) is 12.1 Å². The lowest BCUT2D eigenvalue weighted by molar-refractivity contribution is -0.146. The third-order valence-corrected chi connectivity index (χ3v) is 5.51. The molecule has 0 saturated carbocycles. The molecule has 1 amide bonds. The van der Waals surface area contributed by atoms with Crippen LogP contribution in [0.15, 0.2) is 36.7 Å². The van der Waals surface area contributed by atoms with Gasteiger partial charge in [-0.15, -0.1) is 0 Å². The van der Waals surface area contributed by atoms with E-state index >= 15 is 0 Å². The number of methoxy groups -OCH3 is 1. The summed E-state index contributed by atoms with van der Waals surface area (Å²) in [4.78, 5) is 24.5. The van der Waals surface area contributed by atoms with E-state index in [9.17, 15) is 18.0 Å². The van der Waals surface area contributed by atoms with Crippen molar-refractivity contribution in [2.75, 3.05) is 12.4 Å². The van der Waals surface area contributed by atoms with E-state index in [1.165, 1.54) is 19.5 Å². The molecule has 0 radical (unpaired) electrons. The molecule has 1 aromatic carbocycles. The summed E-state index contributed by atoms with van der Waals surface area (Å²) in [6.45, 7) is 6.23. The van der Waals surface area contributed by atoms with E-state index in [0.717, 1.165) is 10.1 Å². The molecule has 0 fully saturated rings. The molecule has 0 bridgehead atoms. The van der Waals surface area contributed by atoms with Gasteiger partial charge in [0.05, 0.1) is 29.2 Å². The molecular formula is C24H24F3N5O2. The van der Waals surface area contributed by atoms with Crippen LogP contribution >= 0.6 is 0 Å². The number of alkyl halides is 3. The van der Waals surface area contributed by atoms with Gasteiger partial charge in [-0.2, -0.15) is 13.2 Å². The number of rotatable bonds is 4. The van der Waals surface area contributed by atoms with Gasteiger partial charge in [0, 0.05) is 12.7 Å². The highest BCUT2D eigenvalue weighted by Gasteiger charge is 2.38. The molecule has 1 atom stereocenters. The Morgan fingerprint density at radius 3 is 2.38 bits per heavy atom. The average Bonchev–Trinajstić information content (AvgIpc) is 3.18. The second-order valence-electron chi connectivity index (χ2n) is 8.96. The normalized spacial score (nSPS) is 15.8. The van der Waals surface area contributed by atoms with Crippen LogP contribution in [0.25, 0.3) is 18.0 Å². The minimum atomic E-state index is -4.70. The molecule has 2 heterocycles. The van der Waals surface area contributed by atoms with Crippen LogP contribution < -0.4 is 16.0 Å². The Bertz CT molecular complexity index is 1320. The van der Waals surface area contributed by atoms with Crippen molar-refractivity contribution >= 4 is 23.9 Å². The van der Waals surface area contributed by atoms with Crippen molar-refractivity contribution in [3.8, 4) is 5.82 Å². The number of hydrogen-bond donors (Lipinski definition) is 1. The van der Waals surface area contributed by atoms with Crippen molar-refractivity contribution in [3.05, 3.63) is 64.3 Å². The monoisotopic (exact) mass is 471 g/mol. The van der Waals surface area contributed by atoms with Crippen LogP contribution in [0.4, 0.5) is 19.0 Å². The highest BCUT2D eigenvalue weighted by Crippen LogP contribution is 2.28. The maximum absolute atomic E-state index is 13.7. The number of ether oxygens (including phenoxy) is 1. The smallest absolute Gasteiger partial charge is 0.377 e. The summed E-state index contributed by atoms with van der Waals surface area (Å²) in [5.41, 5.74) is 1.47. The van der Waals surface area contributed by atoms with E-state index in [1.54, 1.807) is 24.3 Å². The molecule has 3 aromatic rings. The molecule has 4 rings (SSSR count). The fourth-order valence-corrected chi connectivity index (χ4v) is 3.64. The number of amides is 1. The van der Waals surface area contributed by atoms with Crippen LogP contribution in [-0.4, -0.2) is 38.6 Å². The summed E-state index contributed by atoms with van der Waals surface area (Å²) >= 11 is 0. The fraction of sp³-hybridized carbons (Fsp3) is 0.333. The summed E-state index contributed by atoms with van der Waals surface area (Å²) in [6.07, 6.45) is 0.924. The maximum atomic E-state index is 13.7. The lowest BCUT2D eigenvalue weighted by Gasteiger charge is -2.19. The van der Waals surface area contributed by atoms with Gasteiger partial charge >= 0.3 is 6.18 Å². The number of halogens is 3. The van der Waals surface area contributed by atoms with Crippen LogP contribution in [0.3, 0.4) is 0 Å². The van der Waals surface area contributed by atoms with Gasteiger partial charge in [0.15, 0.2) is 11.6 Å². The molecule has 1 unspecified atom stereocenters. The topological polar surface area (TPSA) is 81.9 Å². The van der Waals surface area contributed by atoms with Gasteiger partial charge in [0.25, 0.3) is 5.91 Å². The molecule has 0 aliphatic heterocycles. The molecular weight excluding hydrogens is 447 g/mol. The molecule has 7 nitrogen and oxygen atoms in total. The molecule has 1 aliphatic carbocycles. The van der Waals surface area contributed by atoms with Crippen molar-refractivity contribution in [1.29, 1.82) is 0 Å². The van der Waals surface area contributed by atoms with E-state index in [0.29, 0.717) is 12.0 Å². The fourth-order valence-electron chi connectivity index (χ4n) is 3.64. The van der Waals surface area contributed by atoms with E-state index < -0.39 is 17.9 Å². The van der Waals surface area contributed by atoms with Gasteiger partial charge in [-0.1, -0.05) is 39.0 Å². The van der Waals surface area contributed by atoms with Crippen LogP contribution in [-0.2, 0) is 16.3 Å². The first-order valence-corrected chi connectivity index (χ1v) is 10.6. The zero-order valence-electron chi connectivity index (χ0n) is 19.1.